The summed E-state index contributed by atoms with van der Waals surface area (Å²) in [5.41, 5.74) is 1.03. The predicted octanol–water partition coefficient (Wildman–Crippen LogP) is 2.27. The van der Waals surface area contributed by atoms with Gasteiger partial charge in [0.25, 0.3) is 0 Å². The number of pyridine rings is 1. The van der Waals surface area contributed by atoms with Crippen LogP contribution in [0.2, 0.25) is 0 Å². The Labute approximate surface area is 109 Å². The van der Waals surface area contributed by atoms with Gasteiger partial charge in [-0.15, -0.1) is 0 Å². The second kappa shape index (κ2) is 5.42. The molecule has 0 unspecified atom stereocenters. The first-order chi connectivity index (χ1) is 8.16. The van der Waals surface area contributed by atoms with Gasteiger partial charge in [0.05, 0.1) is 0 Å². The lowest BCUT2D eigenvalue weighted by Crippen LogP contribution is -2.18. The van der Waals surface area contributed by atoms with Crippen molar-refractivity contribution in [2.75, 3.05) is 20.6 Å². The number of imidazole rings is 1. The zero-order valence-corrected chi connectivity index (χ0v) is 11.6. The fraction of sp³-hybridized carbons (Fsp3) is 0.333. The highest BCUT2D eigenvalue weighted by Gasteiger charge is 2.06. The Balaban J connectivity index is 2.24. The van der Waals surface area contributed by atoms with Gasteiger partial charge in [-0.1, -0.05) is 0 Å². The maximum absolute atomic E-state index is 4.39. The predicted molar refractivity (Wildman–Crippen MR) is 71.7 cm³/mol. The molecular formula is C12H15BrN4. The van der Waals surface area contributed by atoms with Crippen LogP contribution >= 0.6 is 15.9 Å². The molecule has 0 saturated carbocycles. The number of rotatable bonds is 4. The molecule has 2 rings (SSSR count). The van der Waals surface area contributed by atoms with Gasteiger partial charge in [-0.3, -0.25) is 4.98 Å². The molecule has 0 amide bonds. The number of aromatic nitrogens is 3. The minimum Gasteiger partial charge on any atom is -0.330 e. The maximum atomic E-state index is 4.39. The monoisotopic (exact) mass is 294 g/mol. The number of hydrogen-bond acceptors (Lipinski definition) is 3. The van der Waals surface area contributed by atoms with Crippen LogP contribution in [0.3, 0.4) is 0 Å². The average Bonchev–Trinajstić information content (AvgIpc) is 2.74. The maximum Gasteiger partial charge on any atom is 0.141 e. The molecular weight excluding hydrogens is 280 g/mol. The van der Waals surface area contributed by atoms with Gasteiger partial charge >= 0.3 is 0 Å². The second-order valence-electron chi connectivity index (χ2n) is 4.14. The molecule has 0 radical (unpaired) electrons. The molecule has 0 aliphatic heterocycles. The molecule has 0 atom stereocenters. The molecule has 0 aliphatic rings. The van der Waals surface area contributed by atoms with Crippen LogP contribution in [-0.2, 0) is 6.54 Å². The van der Waals surface area contributed by atoms with Crippen molar-refractivity contribution in [2.45, 2.75) is 6.54 Å². The van der Waals surface area contributed by atoms with Gasteiger partial charge in [-0.2, -0.15) is 0 Å². The third-order valence-corrected chi connectivity index (χ3v) is 2.90. The van der Waals surface area contributed by atoms with E-state index in [1.807, 2.05) is 24.7 Å². The molecule has 0 N–H and O–H groups in total. The molecule has 0 bridgehead atoms. The first-order valence-electron chi connectivity index (χ1n) is 5.43. The van der Waals surface area contributed by atoms with E-state index in [0.29, 0.717) is 0 Å². The number of halogens is 1. The Kier molecular flexibility index (Phi) is 3.91. The number of hydrogen-bond donors (Lipinski definition) is 0. The average molecular weight is 295 g/mol. The van der Waals surface area contributed by atoms with Crippen molar-refractivity contribution in [3.05, 3.63) is 35.3 Å². The largest absolute Gasteiger partial charge is 0.330 e. The van der Waals surface area contributed by atoms with E-state index in [1.165, 1.54) is 0 Å². The summed E-state index contributed by atoms with van der Waals surface area (Å²) in [5.74, 6) is 0.959. The zero-order valence-electron chi connectivity index (χ0n) is 9.97. The van der Waals surface area contributed by atoms with Gasteiger partial charge in [0.15, 0.2) is 0 Å². The van der Waals surface area contributed by atoms with Crippen LogP contribution in [0.5, 0.6) is 0 Å². The summed E-state index contributed by atoms with van der Waals surface area (Å²) in [6, 6.07) is 2.03. The normalized spacial score (nSPS) is 11.1. The highest BCUT2D eigenvalue weighted by Crippen LogP contribution is 2.20. The lowest BCUT2D eigenvalue weighted by atomic mass is 10.3. The molecule has 0 saturated heterocycles. The van der Waals surface area contributed by atoms with Crippen LogP contribution in [0.25, 0.3) is 11.4 Å². The Hall–Kier alpha value is -1.20. The van der Waals surface area contributed by atoms with Crippen molar-refractivity contribution in [3.63, 3.8) is 0 Å². The minimum atomic E-state index is 0.925. The van der Waals surface area contributed by atoms with E-state index in [2.05, 4.69) is 49.5 Å². The van der Waals surface area contributed by atoms with E-state index in [0.717, 1.165) is 29.0 Å². The quantitative estimate of drug-likeness (QED) is 0.867. The Morgan fingerprint density at radius 3 is 2.88 bits per heavy atom. The van der Waals surface area contributed by atoms with Gasteiger partial charge in [-0.05, 0) is 36.1 Å². The highest BCUT2D eigenvalue weighted by molar-refractivity contribution is 9.10. The molecule has 2 heterocycles. The van der Waals surface area contributed by atoms with Gasteiger partial charge in [0.2, 0.25) is 0 Å². The third-order valence-electron chi connectivity index (χ3n) is 2.47. The molecule has 0 aromatic carbocycles. The lowest BCUT2D eigenvalue weighted by Gasteiger charge is -2.12. The van der Waals surface area contributed by atoms with E-state index in [-0.39, 0.29) is 0 Å². The molecule has 90 valence electrons. The first kappa shape index (κ1) is 12.3. The summed E-state index contributed by atoms with van der Waals surface area (Å²) < 4.78 is 3.11. The molecule has 2 aromatic rings. The highest BCUT2D eigenvalue weighted by atomic mass is 79.9. The van der Waals surface area contributed by atoms with Gasteiger partial charge in [0.1, 0.15) is 5.82 Å². The molecule has 0 aliphatic carbocycles. The van der Waals surface area contributed by atoms with Crippen LogP contribution in [0, 0.1) is 0 Å². The topological polar surface area (TPSA) is 34.0 Å². The van der Waals surface area contributed by atoms with Crippen LogP contribution in [0.4, 0.5) is 0 Å². The third kappa shape index (κ3) is 3.14. The lowest BCUT2D eigenvalue weighted by molar-refractivity contribution is 0.385. The van der Waals surface area contributed by atoms with Crippen LogP contribution in [-0.4, -0.2) is 40.1 Å². The van der Waals surface area contributed by atoms with Crippen molar-refractivity contribution < 1.29 is 0 Å². The molecule has 0 spiro atoms. The molecule has 4 nitrogen and oxygen atoms in total. The summed E-state index contributed by atoms with van der Waals surface area (Å²) in [6.07, 6.45) is 7.43. The molecule has 0 fully saturated rings. The van der Waals surface area contributed by atoms with Crippen LogP contribution < -0.4 is 0 Å². The SMILES string of the molecule is CN(C)CCn1ccnc1-c1cncc(Br)c1. The smallest absolute Gasteiger partial charge is 0.141 e. The molecule has 17 heavy (non-hydrogen) atoms. The van der Waals surface area contributed by atoms with Gasteiger partial charge in [-0.25, -0.2) is 4.98 Å². The van der Waals surface area contributed by atoms with E-state index >= 15 is 0 Å². The Morgan fingerprint density at radius 1 is 1.35 bits per heavy atom. The zero-order chi connectivity index (χ0) is 12.3. The van der Waals surface area contributed by atoms with Crippen molar-refractivity contribution in [1.82, 2.24) is 19.4 Å². The molecule has 2 aromatic heterocycles. The fourth-order valence-corrected chi connectivity index (χ4v) is 1.96. The number of nitrogens with zero attached hydrogens (tertiary/aromatic N) is 4. The minimum absolute atomic E-state index is 0.925. The Bertz CT molecular complexity index is 493. The second-order valence-corrected chi connectivity index (χ2v) is 5.06. The number of likely N-dealkylation sites (N-methyl/N-ethyl adjacent to an activating group) is 1. The summed E-state index contributed by atoms with van der Waals surface area (Å²) in [4.78, 5) is 10.7. The van der Waals surface area contributed by atoms with E-state index in [1.54, 1.807) is 6.20 Å². The first-order valence-corrected chi connectivity index (χ1v) is 6.23. The van der Waals surface area contributed by atoms with Crippen molar-refractivity contribution >= 4 is 15.9 Å². The van der Waals surface area contributed by atoms with E-state index < -0.39 is 0 Å². The summed E-state index contributed by atoms with van der Waals surface area (Å²) in [6.45, 7) is 1.92. The summed E-state index contributed by atoms with van der Waals surface area (Å²) >= 11 is 3.43. The van der Waals surface area contributed by atoms with Gasteiger partial charge < -0.3 is 9.47 Å². The standard InChI is InChI=1S/C12H15BrN4/c1-16(2)5-6-17-4-3-15-12(17)10-7-11(13)9-14-8-10/h3-4,7-9H,5-6H2,1-2H3. The molecule has 5 heteroatoms. The van der Waals surface area contributed by atoms with Crippen molar-refractivity contribution in [1.29, 1.82) is 0 Å². The summed E-state index contributed by atoms with van der Waals surface area (Å²) in [7, 11) is 4.13. The Morgan fingerprint density at radius 2 is 2.18 bits per heavy atom. The van der Waals surface area contributed by atoms with Gasteiger partial charge in [0, 0.05) is 47.9 Å². The van der Waals surface area contributed by atoms with Crippen molar-refractivity contribution in [3.8, 4) is 11.4 Å². The summed E-state index contributed by atoms with van der Waals surface area (Å²) in [5, 5.41) is 0. The van der Waals surface area contributed by atoms with Crippen LogP contribution in [0.1, 0.15) is 0 Å². The van der Waals surface area contributed by atoms with Crippen molar-refractivity contribution in [2.24, 2.45) is 0 Å². The fourth-order valence-electron chi connectivity index (χ4n) is 1.59. The van der Waals surface area contributed by atoms with Crippen LogP contribution in [0.15, 0.2) is 35.3 Å². The van der Waals surface area contributed by atoms with E-state index in [4.69, 9.17) is 0 Å². The van der Waals surface area contributed by atoms with E-state index in [9.17, 15) is 0 Å².